The lowest BCUT2D eigenvalue weighted by molar-refractivity contribution is 0.444. The summed E-state index contributed by atoms with van der Waals surface area (Å²) < 4.78 is 0. The van der Waals surface area contributed by atoms with Gasteiger partial charge in [-0.3, -0.25) is 0 Å². The largest absolute Gasteiger partial charge is 0.300 e. The SMILES string of the molecule is CCCC(C)C1CN1C. The van der Waals surface area contributed by atoms with Gasteiger partial charge in [-0.15, -0.1) is 0 Å². The summed E-state index contributed by atoms with van der Waals surface area (Å²) in [5.41, 5.74) is 0. The molecule has 1 aliphatic heterocycles. The zero-order chi connectivity index (χ0) is 6.85. The molecule has 54 valence electrons. The van der Waals surface area contributed by atoms with Gasteiger partial charge in [-0.05, 0) is 19.4 Å². The van der Waals surface area contributed by atoms with Crippen LogP contribution in [0.4, 0.5) is 0 Å². The van der Waals surface area contributed by atoms with E-state index in [-0.39, 0.29) is 0 Å². The Balaban J connectivity index is 2.11. The molecule has 1 fully saturated rings. The van der Waals surface area contributed by atoms with E-state index in [0.717, 1.165) is 12.0 Å². The van der Waals surface area contributed by atoms with Crippen LogP contribution in [0, 0.1) is 5.92 Å². The molecule has 1 heteroatoms. The molecule has 3 atom stereocenters. The zero-order valence-electron chi connectivity index (χ0n) is 6.72. The van der Waals surface area contributed by atoms with Gasteiger partial charge in [0.2, 0.25) is 0 Å². The number of likely N-dealkylation sites (N-methyl/N-ethyl adjacent to an activating group) is 1. The van der Waals surface area contributed by atoms with Gasteiger partial charge in [-0.1, -0.05) is 20.3 Å². The van der Waals surface area contributed by atoms with Crippen molar-refractivity contribution in [2.75, 3.05) is 13.6 Å². The zero-order valence-corrected chi connectivity index (χ0v) is 6.72. The highest BCUT2D eigenvalue weighted by molar-refractivity contribution is 4.89. The summed E-state index contributed by atoms with van der Waals surface area (Å²) in [4.78, 5) is 2.42. The predicted octanol–water partition coefficient (Wildman–Crippen LogP) is 1.74. The Morgan fingerprint density at radius 2 is 2.22 bits per heavy atom. The fraction of sp³-hybridized carbons (Fsp3) is 1.00. The first kappa shape index (κ1) is 7.07. The van der Waals surface area contributed by atoms with Gasteiger partial charge in [-0.25, -0.2) is 0 Å². The molecule has 0 amide bonds. The maximum atomic E-state index is 2.42. The third-order valence-corrected chi connectivity index (χ3v) is 2.31. The summed E-state index contributed by atoms with van der Waals surface area (Å²) in [5.74, 6) is 0.931. The maximum absolute atomic E-state index is 2.42. The molecule has 1 saturated heterocycles. The fourth-order valence-electron chi connectivity index (χ4n) is 1.51. The molecule has 1 aliphatic rings. The van der Waals surface area contributed by atoms with Crippen LogP contribution in [0.3, 0.4) is 0 Å². The van der Waals surface area contributed by atoms with Crippen LogP contribution in [-0.2, 0) is 0 Å². The van der Waals surface area contributed by atoms with Gasteiger partial charge in [0.1, 0.15) is 0 Å². The van der Waals surface area contributed by atoms with Crippen LogP contribution in [-0.4, -0.2) is 24.5 Å². The molecule has 1 nitrogen and oxygen atoms in total. The third kappa shape index (κ3) is 1.68. The van der Waals surface area contributed by atoms with Crippen molar-refractivity contribution >= 4 is 0 Å². The minimum Gasteiger partial charge on any atom is -0.300 e. The average Bonchev–Trinajstić information content (AvgIpc) is 2.47. The Bertz CT molecular complexity index is 90.6. The third-order valence-electron chi connectivity index (χ3n) is 2.31. The van der Waals surface area contributed by atoms with Crippen LogP contribution in [0.25, 0.3) is 0 Å². The first-order chi connectivity index (χ1) is 4.25. The number of hydrogen-bond acceptors (Lipinski definition) is 1. The highest BCUT2D eigenvalue weighted by atomic mass is 15.3. The van der Waals surface area contributed by atoms with Crippen molar-refractivity contribution < 1.29 is 0 Å². The van der Waals surface area contributed by atoms with Crippen molar-refractivity contribution in [3.05, 3.63) is 0 Å². The van der Waals surface area contributed by atoms with Crippen LogP contribution >= 0.6 is 0 Å². The van der Waals surface area contributed by atoms with E-state index in [0.29, 0.717) is 0 Å². The highest BCUT2D eigenvalue weighted by Crippen LogP contribution is 2.25. The summed E-state index contributed by atoms with van der Waals surface area (Å²) in [7, 11) is 2.21. The second-order valence-electron chi connectivity index (χ2n) is 3.27. The fourth-order valence-corrected chi connectivity index (χ4v) is 1.51. The molecule has 0 aliphatic carbocycles. The monoisotopic (exact) mass is 127 g/mol. The van der Waals surface area contributed by atoms with Gasteiger partial charge < -0.3 is 4.90 Å². The molecule has 0 N–H and O–H groups in total. The first-order valence-corrected chi connectivity index (χ1v) is 3.96. The van der Waals surface area contributed by atoms with Crippen LogP contribution in [0.5, 0.6) is 0 Å². The topological polar surface area (TPSA) is 3.01 Å². The number of hydrogen-bond donors (Lipinski definition) is 0. The Morgan fingerprint density at radius 3 is 2.56 bits per heavy atom. The molecule has 0 spiro atoms. The molecule has 1 rings (SSSR count). The van der Waals surface area contributed by atoms with E-state index in [9.17, 15) is 0 Å². The van der Waals surface area contributed by atoms with Crippen molar-refractivity contribution in [3.8, 4) is 0 Å². The second-order valence-corrected chi connectivity index (χ2v) is 3.27. The van der Waals surface area contributed by atoms with Crippen LogP contribution in [0.1, 0.15) is 26.7 Å². The second kappa shape index (κ2) is 2.70. The molecule has 0 aromatic rings. The van der Waals surface area contributed by atoms with E-state index < -0.39 is 0 Å². The van der Waals surface area contributed by atoms with Crippen LogP contribution in [0.15, 0.2) is 0 Å². The Morgan fingerprint density at radius 1 is 1.67 bits per heavy atom. The number of nitrogens with zero attached hydrogens (tertiary/aromatic N) is 1. The molecule has 9 heavy (non-hydrogen) atoms. The molecule has 0 aromatic carbocycles. The van der Waals surface area contributed by atoms with Gasteiger partial charge >= 0.3 is 0 Å². The van der Waals surface area contributed by atoms with Gasteiger partial charge in [0.15, 0.2) is 0 Å². The quantitative estimate of drug-likeness (QED) is 0.522. The maximum Gasteiger partial charge on any atom is 0.0246 e. The van der Waals surface area contributed by atoms with Crippen molar-refractivity contribution in [2.24, 2.45) is 5.92 Å². The van der Waals surface area contributed by atoms with E-state index in [1.807, 2.05) is 0 Å². The first-order valence-electron chi connectivity index (χ1n) is 3.96. The Hall–Kier alpha value is -0.0400. The van der Waals surface area contributed by atoms with Gasteiger partial charge in [-0.2, -0.15) is 0 Å². The van der Waals surface area contributed by atoms with Crippen LogP contribution in [0.2, 0.25) is 0 Å². The van der Waals surface area contributed by atoms with E-state index in [4.69, 9.17) is 0 Å². The molecular formula is C8H17N. The summed E-state index contributed by atoms with van der Waals surface area (Å²) in [6.45, 7) is 5.96. The van der Waals surface area contributed by atoms with Crippen LogP contribution < -0.4 is 0 Å². The highest BCUT2D eigenvalue weighted by Gasteiger charge is 2.33. The van der Waals surface area contributed by atoms with Crippen molar-refractivity contribution in [1.82, 2.24) is 4.90 Å². The summed E-state index contributed by atoms with van der Waals surface area (Å²) in [6, 6.07) is 0.921. The van der Waals surface area contributed by atoms with Gasteiger partial charge in [0.05, 0.1) is 0 Å². The van der Waals surface area contributed by atoms with Crippen molar-refractivity contribution in [2.45, 2.75) is 32.7 Å². The Kier molecular flexibility index (Phi) is 2.12. The molecular weight excluding hydrogens is 110 g/mol. The number of rotatable bonds is 3. The molecule has 0 aromatic heterocycles. The lowest BCUT2D eigenvalue weighted by Crippen LogP contribution is -2.06. The van der Waals surface area contributed by atoms with Gasteiger partial charge in [0.25, 0.3) is 0 Å². The summed E-state index contributed by atoms with van der Waals surface area (Å²) in [6.07, 6.45) is 2.74. The van der Waals surface area contributed by atoms with E-state index >= 15 is 0 Å². The minimum atomic E-state index is 0.921. The predicted molar refractivity (Wildman–Crippen MR) is 40.5 cm³/mol. The lowest BCUT2D eigenvalue weighted by Gasteiger charge is -2.06. The smallest absolute Gasteiger partial charge is 0.0246 e. The molecule has 0 radical (unpaired) electrons. The van der Waals surface area contributed by atoms with Crippen molar-refractivity contribution in [1.29, 1.82) is 0 Å². The van der Waals surface area contributed by atoms with Crippen molar-refractivity contribution in [3.63, 3.8) is 0 Å². The molecule has 1 heterocycles. The van der Waals surface area contributed by atoms with E-state index in [1.165, 1.54) is 19.4 Å². The molecule has 0 saturated carbocycles. The normalized spacial score (nSPS) is 36.3. The molecule has 0 bridgehead atoms. The summed E-state index contributed by atoms with van der Waals surface area (Å²) in [5, 5.41) is 0. The molecule has 3 unspecified atom stereocenters. The average molecular weight is 127 g/mol. The standard InChI is InChI=1S/C8H17N/c1-4-5-7(2)8-6-9(8)3/h7-8H,4-6H2,1-3H3. The van der Waals surface area contributed by atoms with Gasteiger partial charge in [0, 0.05) is 12.6 Å². The lowest BCUT2D eigenvalue weighted by atomic mass is 10.0. The Labute approximate surface area is 58.0 Å². The summed E-state index contributed by atoms with van der Waals surface area (Å²) >= 11 is 0. The van der Waals surface area contributed by atoms with E-state index in [1.54, 1.807) is 0 Å². The minimum absolute atomic E-state index is 0.921. The van der Waals surface area contributed by atoms with E-state index in [2.05, 4.69) is 25.8 Å².